The van der Waals surface area contributed by atoms with Gasteiger partial charge >= 0.3 is 0 Å². The number of aliphatic hydroxyl groups is 1. The van der Waals surface area contributed by atoms with E-state index in [4.69, 9.17) is 4.74 Å². The van der Waals surface area contributed by atoms with E-state index in [2.05, 4.69) is 10.1 Å². The van der Waals surface area contributed by atoms with Gasteiger partial charge in [-0.2, -0.15) is 5.10 Å². The Hall–Kier alpha value is -3.18. The molecule has 130 valence electrons. The second-order valence-corrected chi connectivity index (χ2v) is 6.08. The normalized spacial score (nSPS) is 12.2. The highest BCUT2D eigenvalue weighted by atomic mass is 16.5. The number of pyridine rings is 1. The maximum Gasteiger partial charge on any atom is 0.127 e. The van der Waals surface area contributed by atoms with Crippen molar-refractivity contribution in [1.82, 2.24) is 14.8 Å². The number of ether oxygens (including phenoxy) is 1. The van der Waals surface area contributed by atoms with Crippen molar-refractivity contribution < 1.29 is 9.84 Å². The van der Waals surface area contributed by atoms with Gasteiger partial charge in [-0.25, -0.2) is 0 Å². The van der Waals surface area contributed by atoms with Crippen LogP contribution in [0, 0.1) is 0 Å². The van der Waals surface area contributed by atoms with Gasteiger partial charge in [-0.05, 0) is 29.7 Å². The molecule has 0 aliphatic carbocycles. The summed E-state index contributed by atoms with van der Waals surface area (Å²) in [5.41, 5.74) is 1.95. The van der Waals surface area contributed by atoms with Gasteiger partial charge in [-0.3, -0.25) is 9.67 Å². The van der Waals surface area contributed by atoms with Crippen LogP contribution in [0.1, 0.15) is 0 Å². The van der Waals surface area contributed by atoms with Crippen molar-refractivity contribution in [2.45, 2.75) is 12.6 Å². The molecule has 0 fully saturated rings. The fourth-order valence-electron chi connectivity index (χ4n) is 3.01. The first-order valence-electron chi connectivity index (χ1n) is 8.52. The van der Waals surface area contributed by atoms with E-state index >= 15 is 0 Å². The van der Waals surface area contributed by atoms with Crippen molar-refractivity contribution in [2.75, 3.05) is 6.61 Å². The monoisotopic (exact) mass is 345 g/mol. The molecule has 26 heavy (non-hydrogen) atoms. The Labute approximate surface area is 151 Å². The third kappa shape index (κ3) is 3.43. The Morgan fingerprint density at radius 3 is 2.62 bits per heavy atom. The molecule has 0 bridgehead atoms. The van der Waals surface area contributed by atoms with Crippen molar-refractivity contribution in [3.63, 3.8) is 0 Å². The number of aromatic nitrogens is 3. The molecule has 1 atom stereocenters. The summed E-state index contributed by atoms with van der Waals surface area (Å²) in [7, 11) is 0. The van der Waals surface area contributed by atoms with Gasteiger partial charge in [0.15, 0.2) is 0 Å². The third-order valence-corrected chi connectivity index (χ3v) is 4.26. The van der Waals surface area contributed by atoms with Crippen LogP contribution in [-0.4, -0.2) is 32.6 Å². The Bertz CT molecular complexity index is 993. The zero-order valence-corrected chi connectivity index (χ0v) is 14.2. The molecule has 1 N–H and O–H groups in total. The van der Waals surface area contributed by atoms with E-state index in [1.165, 1.54) is 0 Å². The molecule has 5 nitrogen and oxygen atoms in total. The largest absolute Gasteiger partial charge is 0.490 e. The molecule has 0 spiro atoms. The Balaban J connectivity index is 1.45. The number of rotatable bonds is 6. The predicted molar refractivity (Wildman–Crippen MR) is 101 cm³/mol. The fourth-order valence-corrected chi connectivity index (χ4v) is 3.01. The molecule has 0 saturated carbocycles. The molecule has 2 heterocycles. The smallest absolute Gasteiger partial charge is 0.127 e. The SMILES string of the molecule is OC(COc1cccc2ccccc12)Cn1nccc1-c1ccncc1. The summed E-state index contributed by atoms with van der Waals surface area (Å²) in [6.45, 7) is 0.555. The van der Waals surface area contributed by atoms with Crippen LogP contribution in [0.4, 0.5) is 0 Å². The number of aliphatic hydroxyl groups excluding tert-OH is 1. The van der Waals surface area contributed by atoms with Crippen LogP contribution in [-0.2, 0) is 6.54 Å². The molecule has 0 radical (unpaired) electrons. The number of fused-ring (bicyclic) bond motifs is 1. The minimum Gasteiger partial charge on any atom is -0.490 e. The van der Waals surface area contributed by atoms with Crippen LogP contribution >= 0.6 is 0 Å². The molecule has 1 unspecified atom stereocenters. The highest BCUT2D eigenvalue weighted by Gasteiger charge is 2.12. The van der Waals surface area contributed by atoms with Gasteiger partial charge in [-0.1, -0.05) is 36.4 Å². The van der Waals surface area contributed by atoms with Crippen molar-refractivity contribution in [1.29, 1.82) is 0 Å². The molecule has 4 aromatic rings. The lowest BCUT2D eigenvalue weighted by molar-refractivity contribution is 0.0905. The fraction of sp³-hybridized carbons (Fsp3) is 0.143. The van der Waals surface area contributed by atoms with Gasteiger partial charge < -0.3 is 9.84 Å². The number of nitrogens with zero attached hydrogens (tertiary/aromatic N) is 3. The topological polar surface area (TPSA) is 60.2 Å². The maximum atomic E-state index is 10.4. The summed E-state index contributed by atoms with van der Waals surface area (Å²) in [5.74, 6) is 0.775. The van der Waals surface area contributed by atoms with Crippen LogP contribution in [0.3, 0.4) is 0 Å². The van der Waals surface area contributed by atoms with Crippen LogP contribution in [0.5, 0.6) is 5.75 Å². The molecule has 0 aliphatic rings. The second kappa shape index (κ2) is 7.37. The first-order chi connectivity index (χ1) is 12.8. The van der Waals surface area contributed by atoms with Crippen molar-refractivity contribution in [3.8, 4) is 17.0 Å². The average molecular weight is 345 g/mol. The van der Waals surface area contributed by atoms with Crippen LogP contribution < -0.4 is 4.74 Å². The van der Waals surface area contributed by atoms with E-state index in [0.29, 0.717) is 6.54 Å². The summed E-state index contributed by atoms with van der Waals surface area (Å²) in [6.07, 6.45) is 4.54. The van der Waals surface area contributed by atoms with Crippen LogP contribution in [0.25, 0.3) is 22.0 Å². The standard InChI is InChI=1S/C21H19N3O2/c25-18(14-24-20(10-13-23-24)17-8-11-22-12-9-17)15-26-21-7-3-5-16-4-1-2-6-19(16)21/h1-13,18,25H,14-15H2. The number of benzene rings is 2. The van der Waals surface area contributed by atoms with Crippen molar-refractivity contribution in [2.24, 2.45) is 0 Å². The van der Waals surface area contributed by atoms with E-state index in [1.807, 2.05) is 60.7 Å². The van der Waals surface area contributed by atoms with Gasteiger partial charge in [0.2, 0.25) is 0 Å². The summed E-state index contributed by atoms with van der Waals surface area (Å²) in [5, 5.41) is 16.9. The quantitative estimate of drug-likeness (QED) is 0.581. The van der Waals surface area contributed by atoms with Gasteiger partial charge in [0.25, 0.3) is 0 Å². The van der Waals surface area contributed by atoms with E-state index in [0.717, 1.165) is 27.8 Å². The minimum atomic E-state index is -0.672. The summed E-state index contributed by atoms with van der Waals surface area (Å²) < 4.78 is 7.66. The Kier molecular flexibility index (Phi) is 4.62. The Morgan fingerprint density at radius 2 is 1.73 bits per heavy atom. The van der Waals surface area contributed by atoms with E-state index in [9.17, 15) is 5.11 Å². The van der Waals surface area contributed by atoms with Gasteiger partial charge in [0, 0.05) is 29.5 Å². The summed E-state index contributed by atoms with van der Waals surface area (Å²) >= 11 is 0. The van der Waals surface area contributed by atoms with E-state index in [-0.39, 0.29) is 6.61 Å². The predicted octanol–water partition coefficient (Wildman–Crippen LogP) is 3.54. The lowest BCUT2D eigenvalue weighted by atomic mass is 10.1. The molecular formula is C21H19N3O2. The molecule has 0 aliphatic heterocycles. The van der Waals surface area contributed by atoms with Crippen LogP contribution in [0.15, 0.2) is 79.3 Å². The van der Waals surface area contributed by atoms with Crippen molar-refractivity contribution in [3.05, 3.63) is 79.3 Å². The average Bonchev–Trinajstić information content (AvgIpc) is 3.15. The third-order valence-electron chi connectivity index (χ3n) is 4.26. The zero-order chi connectivity index (χ0) is 17.8. The van der Waals surface area contributed by atoms with Gasteiger partial charge in [-0.15, -0.1) is 0 Å². The molecular weight excluding hydrogens is 326 g/mol. The molecule has 0 amide bonds. The summed E-state index contributed by atoms with van der Waals surface area (Å²) in [6, 6.07) is 19.7. The lowest BCUT2D eigenvalue weighted by Crippen LogP contribution is -2.24. The van der Waals surface area contributed by atoms with E-state index < -0.39 is 6.10 Å². The summed E-state index contributed by atoms with van der Waals surface area (Å²) in [4.78, 5) is 4.03. The zero-order valence-electron chi connectivity index (χ0n) is 14.2. The molecule has 5 heteroatoms. The van der Waals surface area contributed by atoms with Gasteiger partial charge in [0.1, 0.15) is 18.5 Å². The first-order valence-corrected chi connectivity index (χ1v) is 8.52. The van der Waals surface area contributed by atoms with Crippen LogP contribution in [0.2, 0.25) is 0 Å². The number of hydrogen-bond donors (Lipinski definition) is 1. The van der Waals surface area contributed by atoms with E-state index in [1.54, 1.807) is 23.3 Å². The van der Waals surface area contributed by atoms with Gasteiger partial charge in [0.05, 0.1) is 12.2 Å². The second-order valence-electron chi connectivity index (χ2n) is 6.08. The molecule has 2 aromatic heterocycles. The number of hydrogen-bond acceptors (Lipinski definition) is 4. The highest BCUT2D eigenvalue weighted by Crippen LogP contribution is 2.25. The molecule has 2 aromatic carbocycles. The lowest BCUT2D eigenvalue weighted by Gasteiger charge is -2.15. The van der Waals surface area contributed by atoms with Crippen molar-refractivity contribution >= 4 is 10.8 Å². The first kappa shape index (κ1) is 16.3. The molecule has 0 saturated heterocycles. The highest BCUT2D eigenvalue weighted by molar-refractivity contribution is 5.88. The Morgan fingerprint density at radius 1 is 0.923 bits per heavy atom. The minimum absolute atomic E-state index is 0.198. The maximum absolute atomic E-state index is 10.4. The molecule has 4 rings (SSSR count).